The molecule has 0 fully saturated rings. The topological polar surface area (TPSA) is 55.9 Å². The molecule has 0 saturated carbocycles. The number of aryl methyl sites for hydroxylation is 1. The van der Waals surface area contributed by atoms with Gasteiger partial charge in [0.15, 0.2) is 0 Å². The Hall–Kier alpha value is -0.870. The minimum absolute atomic E-state index is 0.319. The lowest BCUT2D eigenvalue weighted by Crippen LogP contribution is -2.31. The normalized spacial score (nSPS) is 21.5. The van der Waals surface area contributed by atoms with Crippen molar-refractivity contribution in [2.24, 2.45) is 5.73 Å². The molecular formula is C9H16N4. The first-order valence-electron chi connectivity index (χ1n) is 4.75. The van der Waals surface area contributed by atoms with Gasteiger partial charge in [0.05, 0.1) is 6.20 Å². The molecule has 0 spiro atoms. The minimum Gasteiger partial charge on any atom is -0.327 e. The smallest absolute Gasteiger partial charge is 0.0537 e. The average Bonchev–Trinajstić information content (AvgIpc) is 2.49. The van der Waals surface area contributed by atoms with Crippen LogP contribution in [-0.4, -0.2) is 22.9 Å². The summed E-state index contributed by atoms with van der Waals surface area (Å²) in [6, 6.07) is 0.319. The first-order valence-corrected chi connectivity index (χ1v) is 4.75. The Morgan fingerprint density at radius 3 is 3.38 bits per heavy atom. The monoisotopic (exact) mass is 180 g/mol. The Kier molecular flexibility index (Phi) is 2.33. The van der Waals surface area contributed by atoms with Gasteiger partial charge in [-0.3, -0.25) is 4.68 Å². The van der Waals surface area contributed by atoms with Crippen LogP contribution in [0.4, 0.5) is 0 Å². The second-order valence-electron chi connectivity index (χ2n) is 3.62. The zero-order valence-corrected chi connectivity index (χ0v) is 7.95. The summed E-state index contributed by atoms with van der Waals surface area (Å²) in [5.41, 5.74) is 8.51. The number of nitrogens with one attached hydrogen (secondary N) is 1. The fourth-order valence-electron chi connectivity index (χ4n) is 1.86. The van der Waals surface area contributed by atoms with E-state index in [0.717, 1.165) is 25.9 Å². The van der Waals surface area contributed by atoms with E-state index < -0.39 is 0 Å². The van der Waals surface area contributed by atoms with Gasteiger partial charge in [0.2, 0.25) is 0 Å². The van der Waals surface area contributed by atoms with Gasteiger partial charge in [-0.2, -0.15) is 5.10 Å². The maximum atomic E-state index is 5.91. The number of nitrogens with zero attached hydrogens (tertiary/aromatic N) is 2. The number of hydrogen-bond donors (Lipinski definition) is 2. The number of aromatic nitrogens is 2. The maximum Gasteiger partial charge on any atom is 0.0537 e. The first-order chi connectivity index (χ1) is 6.31. The molecule has 1 aromatic heterocycles. The summed E-state index contributed by atoms with van der Waals surface area (Å²) in [5, 5.41) is 7.47. The predicted molar refractivity (Wildman–Crippen MR) is 51.3 cm³/mol. The summed E-state index contributed by atoms with van der Waals surface area (Å²) in [7, 11) is 1.95. The highest BCUT2D eigenvalue weighted by Gasteiger charge is 2.18. The second-order valence-corrected chi connectivity index (χ2v) is 3.62. The predicted octanol–water partition coefficient (Wildman–Crippen LogP) is -0.124. The molecule has 4 heteroatoms. The summed E-state index contributed by atoms with van der Waals surface area (Å²) >= 11 is 0. The van der Waals surface area contributed by atoms with Crippen molar-refractivity contribution in [3.05, 3.63) is 17.5 Å². The molecule has 0 aromatic carbocycles. The van der Waals surface area contributed by atoms with E-state index in [9.17, 15) is 0 Å². The van der Waals surface area contributed by atoms with Crippen LogP contribution < -0.4 is 11.1 Å². The van der Waals surface area contributed by atoms with E-state index in [1.165, 1.54) is 11.3 Å². The molecule has 0 saturated heterocycles. The highest BCUT2D eigenvalue weighted by atomic mass is 15.3. The third-order valence-electron chi connectivity index (χ3n) is 2.57. The van der Waals surface area contributed by atoms with Gasteiger partial charge in [0.25, 0.3) is 0 Å². The van der Waals surface area contributed by atoms with Crippen LogP contribution in [-0.2, 0) is 19.5 Å². The highest BCUT2D eigenvalue weighted by molar-refractivity contribution is 5.20. The zero-order chi connectivity index (χ0) is 9.26. The first kappa shape index (κ1) is 8.72. The molecule has 0 amide bonds. The van der Waals surface area contributed by atoms with E-state index in [4.69, 9.17) is 5.73 Å². The van der Waals surface area contributed by atoms with Gasteiger partial charge in [-0.15, -0.1) is 0 Å². The van der Waals surface area contributed by atoms with Crippen molar-refractivity contribution >= 4 is 0 Å². The van der Waals surface area contributed by atoms with Crippen LogP contribution in [0.2, 0.25) is 0 Å². The van der Waals surface area contributed by atoms with E-state index in [-0.39, 0.29) is 0 Å². The van der Waals surface area contributed by atoms with Crippen LogP contribution >= 0.6 is 0 Å². The molecule has 2 heterocycles. The molecule has 1 aliphatic rings. The lowest BCUT2D eigenvalue weighted by molar-refractivity contribution is 0.436. The van der Waals surface area contributed by atoms with Crippen molar-refractivity contribution in [1.82, 2.24) is 15.1 Å². The molecule has 0 radical (unpaired) electrons. The molecule has 3 N–H and O–H groups in total. The standard InChI is InChI=1S/C9H16N4/c1-11-5-7-6-12-13-3-2-8(10)4-9(7)13/h6,8,11H,2-5,10H2,1H3. The van der Waals surface area contributed by atoms with Crippen molar-refractivity contribution in [2.75, 3.05) is 7.05 Å². The summed E-state index contributed by atoms with van der Waals surface area (Å²) in [6.07, 6.45) is 3.97. The molecule has 1 unspecified atom stereocenters. The largest absolute Gasteiger partial charge is 0.327 e. The molecule has 1 aliphatic heterocycles. The zero-order valence-electron chi connectivity index (χ0n) is 7.95. The van der Waals surface area contributed by atoms with Crippen LogP contribution in [0.3, 0.4) is 0 Å². The Labute approximate surface area is 78.1 Å². The summed E-state index contributed by atoms with van der Waals surface area (Å²) in [6.45, 7) is 1.86. The molecule has 4 nitrogen and oxygen atoms in total. The number of fused-ring (bicyclic) bond motifs is 1. The van der Waals surface area contributed by atoms with Crippen molar-refractivity contribution in [3.8, 4) is 0 Å². The maximum absolute atomic E-state index is 5.91. The van der Waals surface area contributed by atoms with Gasteiger partial charge >= 0.3 is 0 Å². The van der Waals surface area contributed by atoms with Crippen LogP contribution in [0, 0.1) is 0 Å². The van der Waals surface area contributed by atoms with Crippen LogP contribution in [0.5, 0.6) is 0 Å². The lowest BCUT2D eigenvalue weighted by Gasteiger charge is -2.20. The average molecular weight is 180 g/mol. The van der Waals surface area contributed by atoms with Gasteiger partial charge in [-0.05, 0) is 13.5 Å². The van der Waals surface area contributed by atoms with Crippen LogP contribution in [0.1, 0.15) is 17.7 Å². The summed E-state index contributed by atoms with van der Waals surface area (Å²) < 4.78 is 2.08. The van der Waals surface area contributed by atoms with Crippen LogP contribution in [0.25, 0.3) is 0 Å². The fraction of sp³-hybridized carbons (Fsp3) is 0.667. The van der Waals surface area contributed by atoms with Crippen molar-refractivity contribution in [2.45, 2.75) is 32.0 Å². The molecule has 2 rings (SSSR count). The quantitative estimate of drug-likeness (QED) is 0.667. The van der Waals surface area contributed by atoms with Gasteiger partial charge in [-0.1, -0.05) is 0 Å². The highest BCUT2D eigenvalue weighted by Crippen LogP contribution is 2.17. The van der Waals surface area contributed by atoms with Crippen molar-refractivity contribution in [1.29, 1.82) is 0 Å². The fourth-order valence-corrected chi connectivity index (χ4v) is 1.86. The van der Waals surface area contributed by atoms with Crippen LogP contribution in [0.15, 0.2) is 6.20 Å². The van der Waals surface area contributed by atoms with Gasteiger partial charge < -0.3 is 11.1 Å². The van der Waals surface area contributed by atoms with Gasteiger partial charge in [0, 0.05) is 36.8 Å². The molecular weight excluding hydrogens is 164 g/mol. The number of rotatable bonds is 2. The number of nitrogens with two attached hydrogens (primary N) is 1. The van der Waals surface area contributed by atoms with Gasteiger partial charge in [-0.25, -0.2) is 0 Å². The summed E-state index contributed by atoms with van der Waals surface area (Å²) in [5.74, 6) is 0. The van der Waals surface area contributed by atoms with Crippen molar-refractivity contribution in [3.63, 3.8) is 0 Å². The van der Waals surface area contributed by atoms with Gasteiger partial charge in [0.1, 0.15) is 0 Å². The van der Waals surface area contributed by atoms with E-state index in [1.54, 1.807) is 0 Å². The second kappa shape index (κ2) is 3.47. The molecule has 1 atom stereocenters. The Bertz CT molecular complexity index is 292. The van der Waals surface area contributed by atoms with E-state index in [1.807, 2.05) is 13.2 Å². The van der Waals surface area contributed by atoms with E-state index in [2.05, 4.69) is 15.1 Å². The third-order valence-corrected chi connectivity index (χ3v) is 2.57. The minimum atomic E-state index is 0.319. The molecule has 1 aromatic rings. The summed E-state index contributed by atoms with van der Waals surface area (Å²) in [4.78, 5) is 0. The number of hydrogen-bond acceptors (Lipinski definition) is 3. The van der Waals surface area contributed by atoms with E-state index in [0.29, 0.717) is 6.04 Å². The molecule has 72 valence electrons. The Morgan fingerprint density at radius 2 is 2.62 bits per heavy atom. The third kappa shape index (κ3) is 1.59. The Morgan fingerprint density at radius 1 is 1.77 bits per heavy atom. The SMILES string of the molecule is CNCc1cnn2c1CC(N)CC2. The Balaban J connectivity index is 2.25. The molecule has 0 aliphatic carbocycles. The lowest BCUT2D eigenvalue weighted by atomic mass is 10.0. The van der Waals surface area contributed by atoms with Crippen molar-refractivity contribution < 1.29 is 0 Å². The molecule has 13 heavy (non-hydrogen) atoms. The molecule has 0 bridgehead atoms. The van der Waals surface area contributed by atoms with E-state index >= 15 is 0 Å².